The second-order valence-electron chi connectivity index (χ2n) is 9.77. The number of anilines is 1. The molecule has 0 radical (unpaired) electrons. The van der Waals surface area contributed by atoms with Crippen LogP contribution in [0.1, 0.15) is 16.8 Å². The number of fused-ring (bicyclic) bond motifs is 1. The third-order valence-corrected chi connectivity index (χ3v) is 7.11. The standard InChI is InChI=1S/C29H27N9O/c1-20-3-4-21(14-31-20)11-28(39)37-9-7-36(8-10-37)27-6-5-22(15-32-27)26-12-23(25-17-33-35(2)18-25)19-38-29(26)24(13-30)16-34-38/h3-6,12,14-19H,7-11H2,1-2H3. The van der Waals surface area contributed by atoms with Gasteiger partial charge in [-0.1, -0.05) is 6.07 Å². The highest BCUT2D eigenvalue weighted by Crippen LogP contribution is 2.32. The second kappa shape index (κ2) is 10.0. The summed E-state index contributed by atoms with van der Waals surface area (Å²) in [4.78, 5) is 26.0. The van der Waals surface area contributed by atoms with Crippen LogP contribution in [-0.2, 0) is 18.3 Å². The van der Waals surface area contributed by atoms with Crippen molar-refractivity contribution in [1.29, 1.82) is 5.26 Å². The Balaban J connectivity index is 1.20. The molecule has 0 bridgehead atoms. The minimum Gasteiger partial charge on any atom is -0.353 e. The van der Waals surface area contributed by atoms with Crippen molar-refractivity contribution < 1.29 is 4.79 Å². The van der Waals surface area contributed by atoms with Crippen LogP contribution in [0.4, 0.5) is 5.82 Å². The van der Waals surface area contributed by atoms with Crippen molar-refractivity contribution in [2.24, 2.45) is 7.05 Å². The molecule has 0 spiro atoms. The largest absolute Gasteiger partial charge is 0.353 e. The molecule has 1 saturated heterocycles. The van der Waals surface area contributed by atoms with Gasteiger partial charge in [0.1, 0.15) is 11.9 Å². The van der Waals surface area contributed by atoms with Gasteiger partial charge in [0.05, 0.1) is 29.9 Å². The lowest BCUT2D eigenvalue weighted by Crippen LogP contribution is -2.49. The summed E-state index contributed by atoms with van der Waals surface area (Å²) in [7, 11) is 1.88. The van der Waals surface area contributed by atoms with Crippen molar-refractivity contribution in [3.8, 4) is 28.3 Å². The zero-order valence-electron chi connectivity index (χ0n) is 21.8. The van der Waals surface area contributed by atoms with Crippen LogP contribution in [0.3, 0.4) is 0 Å². The van der Waals surface area contributed by atoms with E-state index in [9.17, 15) is 10.1 Å². The molecule has 5 aromatic rings. The molecule has 6 heterocycles. The summed E-state index contributed by atoms with van der Waals surface area (Å²) in [5.41, 5.74) is 6.82. The molecule has 0 N–H and O–H groups in total. The number of carbonyl (C=O) groups is 1. The Morgan fingerprint density at radius 3 is 2.44 bits per heavy atom. The van der Waals surface area contributed by atoms with Gasteiger partial charge in [0.25, 0.3) is 0 Å². The molecule has 5 aromatic heterocycles. The van der Waals surface area contributed by atoms with E-state index in [4.69, 9.17) is 4.98 Å². The molecule has 0 aliphatic carbocycles. The van der Waals surface area contributed by atoms with Gasteiger partial charge in [-0.25, -0.2) is 9.50 Å². The van der Waals surface area contributed by atoms with Gasteiger partial charge in [0.15, 0.2) is 0 Å². The van der Waals surface area contributed by atoms with Crippen LogP contribution in [0.25, 0.3) is 27.8 Å². The average molecular weight is 518 g/mol. The van der Waals surface area contributed by atoms with E-state index in [1.807, 2.05) is 67.9 Å². The first kappa shape index (κ1) is 24.3. The maximum atomic E-state index is 12.8. The van der Waals surface area contributed by atoms with Crippen LogP contribution >= 0.6 is 0 Å². The Morgan fingerprint density at radius 1 is 0.923 bits per heavy atom. The minimum absolute atomic E-state index is 0.121. The van der Waals surface area contributed by atoms with Gasteiger partial charge in [0, 0.05) is 86.0 Å². The molecule has 0 atom stereocenters. The van der Waals surface area contributed by atoms with E-state index in [0.29, 0.717) is 38.2 Å². The van der Waals surface area contributed by atoms with Crippen molar-refractivity contribution >= 4 is 17.2 Å². The molecule has 1 aliphatic heterocycles. The summed E-state index contributed by atoms with van der Waals surface area (Å²) in [5, 5.41) is 18.4. The van der Waals surface area contributed by atoms with E-state index in [2.05, 4.69) is 32.2 Å². The van der Waals surface area contributed by atoms with Gasteiger partial charge in [0.2, 0.25) is 5.91 Å². The van der Waals surface area contributed by atoms with Crippen molar-refractivity contribution in [2.45, 2.75) is 13.3 Å². The fourth-order valence-electron chi connectivity index (χ4n) is 4.96. The van der Waals surface area contributed by atoms with Crippen LogP contribution < -0.4 is 4.90 Å². The average Bonchev–Trinajstić information content (AvgIpc) is 3.60. The molecule has 10 nitrogen and oxygen atoms in total. The zero-order chi connectivity index (χ0) is 26.9. The number of rotatable bonds is 5. The first-order valence-corrected chi connectivity index (χ1v) is 12.8. The number of nitrogens with zero attached hydrogens (tertiary/aromatic N) is 9. The van der Waals surface area contributed by atoms with Crippen molar-refractivity contribution in [1.82, 2.24) is 34.3 Å². The van der Waals surface area contributed by atoms with Gasteiger partial charge >= 0.3 is 0 Å². The van der Waals surface area contributed by atoms with Gasteiger partial charge in [-0.15, -0.1) is 0 Å². The third kappa shape index (κ3) is 4.82. The molecular formula is C29H27N9O. The Morgan fingerprint density at radius 2 is 1.77 bits per heavy atom. The number of aromatic nitrogens is 6. The lowest BCUT2D eigenvalue weighted by molar-refractivity contribution is -0.130. The normalized spacial score (nSPS) is 13.6. The Bertz CT molecular complexity index is 1690. The molecule has 1 amide bonds. The number of hydrogen-bond acceptors (Lipinski definition) is 7. The first-order valence-electron chi connectivity index (χ1n) is 12.8. The fraction of sp³-hybridized carbons (Fsp3) is 0.241. The number of pyridine rings is 3. The van der Waals surface area contributed by atoms with Crippen LogP contribution in [0.5, 0.6) is 0 Å². The van der Waals surface area contributed by atoms with E-state index < -0.39 is 0 Å². The van der Waals surface area contributed by atoms with Crippen LogP contribution in [-0.4, -0.2) is 66.3 Å². The molecular weight excluding hydrogens is 490 g/mol. The van der Waals surface area contributed by atoms with Crippen LogP contribution in [0.15, 0.2) is 67.5 Å². The van der Waals surface area contributed by atoms with Crippen molar-refractivity contribution in [2.75, 3.05) is 31.1 Å². The summed E-state index contributed by atoms with van der Waals surface area (Å²) >= 11 is 0. The molecule has 0 aromatic carbocycles. The zero-order valence-corrected chi connectivity index (χ0v) is 21.8. The molecule has 6 rings (SSSR count). The van der Waals surface area contributed by atoms with Gasteiger partial charge in [-0.2, -0.15) is 15.5 Å². The van der Waals surface area contributed by atoms with E-state index in [1.54, 1.807) is 21.6 Å². The number of aryl methyl sites for hydroxylation is 2. The topological polar surface area (TPSA) is 108 Å². The number of carbonyl (C=O) groups excluding carboxylic acids is 1. The molecule has 1 fully saturated rings. The molecule has 194 valence electrons. The van der Waals surface area contributed by atoms with Crippen LogP contribution in [0, 0.1) is 18.3 Å². The van der Waals surface area contributed by atoms with E-state index in [0.717, 1.165) is 44.8 Å². The summed E-state index contributed by atoms with van der Waals surface area (Å²) in [5.74, 6) is 0.984. The number of piperazine rings is 1. The Kier molecular flexibility index (Phi) is 6.25. The lowest BCUT2D eigenvalue weighted by atomic mass is 10.0. The van der Waals surface area contributed by atoms with Crippen molar-refractivity contribution in [3.63, 3.8) is 0 Å². The fourth-order valence-corrected chi connectivity index (χ4v) is 4.96. The maximum Gasteiger partial charge on any atom is 0.227 e. The third-order valence-electron chi connectivity index (χ3n) is 7.11. The minimum atomic E-state index is 0.121. The van der Waals surface area contributed by atoms with Crippen molar-refractivity contribution in [3.05, 3.63) is 84.3 Å². The van der Waals surface area contributed by atoms with E-state index >= 15 is 0 Å². The van der Waals surface area contributed by atoms with Gasteiger partial charge in [-0.3, -0.25) is 14.5 Å². The number of amides is 1. The highest BCUT2D eigenvalue weighted by Gasteiger charge is 2.22. The quantitative estimate of drug-likeness (QED) is 0.352. The maximum absolute atomic E-state index is 12.8. The first-order chi connectivity index (χ1) is 19.0. The SMILES string of the molecule is Cc1ccc(CC(=O)N2CCN(c3ccc(-c4cc(-c5cnn(C)c5)cn5ncc(C#N)c45)cn3)CC2)cn1. The summed E-state index contributed by atoms with van der Waals surface area (Å²) in [6.45, 7) is 4.67. The molecule has 0 unspecified atom stereocenters. The summed E-state index contributed by atoms with van der Waals surface area (Å²) in [6.07, 6.45) is 11.2. The molecule has 39 heavy (non-hydrogen) atoms. The monoisotopic (exact) mass is 517 g/mol. The molecule has 0 saturated carbocycles. The number of hydrogen-bond donors (Lipinski definition) is 0. The second-order valence-corrected chi connectivity index (χ2v) is 9.77. The predicted octanol–water partition coefficient (Wildman–Crippen LogP) is 3.26. The van der Waals surface area contributed by atoms with E-state index in [-0.39, 0.29) is 5.91 Å². The highest BCUT2D eigenvalue weighted by atomic mass is 16.2. The Labute approximate surface area is 225 Å². The van der Waals surface area contributed by atoms with E-state index in [1.165, 1.54) is 0 Å². The summed E-state index contributed by atoms with van der Waals surface area (Å²) in [6, 6.07) is 12.2. The van der Waals surface area contributed by atoms with Crippen LogP contribution in [0.2, 0.25) is 0 Å². The number of nitriles is 1. The van der Waals surface area contributed by atoms with Gasteiger partial charge < -0.3 is 9.80 Å². The molecule has 1 aliphatic rings. The highest BCUT2D eigenvalue weighted by molar-refractivity contribution is 5.87. The molecule has 10 heteroatoms. The summed E-state index contributed by atoms with van der Waals surface area (Å²) < 4.78 is 3.50. The Hall–Kier alpha value is -5.04. The smallest absolute Gasteiger partial charge is 0.227 e. The predicted molar refractivity (Wildman–Crippen MR) is 147 cm³/mol. The lowest BCUT2D eigenvalue weighted by Gasteiger charge is -2.35. The van der Waals surface area contributed by atoms with Gasteiger partial charge in [-0.05, 0) is 36.8 Å².